The van der Waals surface area contributed by atoms with Crippen molar-refractivity contribution >= 4 is 16.9 Å². The molecule has 24 heavy (non-hydrogen) atoms. The summed E-state index contributed by atoms with van der Waals surface area (Å²) < 4.78 is 34.0. The normalized spacial score (nSPS) is 20.2. The molecular weight excluding hydrogens is 318 g/mol. The zero-order chi connectivity index (χ0) is 17.6. The molecule has 2 N–H and O–H groups in total. The number of hydrogen-bond acceptors (Lipinski definition) is 3. The van der Waals surface area contributed by atoms with E-state index < -0.39 is 23.2 Å². The molecule has 1 unspecified atom stereocenters. The Morgan fingerprint density at radius 1 is 1.50 bits per heavy atom. The second-order valence-electron chi connectivity index (χ2n) is 6.27. The molecule has 0 saturated carbocycles. The van der Waals surface area contributed by atoms with Gasteiger partial charge in [0.1, 0.15) is 23.3 Å². The van der Waals surface area contributed by atoms with Crippen molar-refractivity contribution in [1.29, 1.82) is 5.26 Å². The number of H-pyrrole nitrogens is 1. The van der Waals surface area contributed by atoms with E-state index in [0.717, 1.165) is 0 Å². The molecule has 1 aliphatic heterocycles. The summed E-state index contributed by atoms with van der Waals surface area (Å²) in [6.45, 7) is 3.84. The van der Waals surface area contributed by atoms with Crippen LogP contribution in [0, 0.1) is 28.9 Å². The van der Waals surface area contributed by atoms with Gasteiger partial charge in [-0.25, -0.2) is 8.78 Å². The van der Waals surface area contributed by atoms with Crippen LogP contribution < -0.4 is 0 Å². The van der Waals surface area contributed by atoms with Crippen molar-refractivity contribution in [3.8, 4) is 6.07 Å². The standard InChI is InChI=1S/C17H16F2N2O3/c1-8(2)17(6-13(22)23)16-9(3-4-24-17)14-10(7-20)11(18)5-12(19)15(14)21-16/h5,8,21H,3-4,6H2,1-2H3,(H,22,23). The van der Waals surface area contributed by atoms with E-state index in [0.29, 0.717) is 23.7 Å². The van der Waals surface area contributed by atoms with Gasteiger partial charge >= 0.3 is 5.97 Å². The summed E-state index contributed by atoms with van der Waals surface area (Å²) in [7, 11) is 0. The lowest BCUT2D eigenvalue weighted by atomic mass is 9.79. The molecule has 0 spiro atoms. The highest BCUT2D eigenvalue weighted by Gasteiger charge is 2.45. The van der Waals surface area contributed by atoms with E-state index >= 15 is 0 Å². The summed E-state index contributed by atoms with van der Waals surface area (Å²) in [5, 5.41) is 18.7. The molecular formula is C17H16F2N2O3. The van der Waals surface area contributed by atoms with E-state index in [1.54, 1.807) is 6.07 Å². The maximum Gasteiger partial charge on any atom is 0.306 e. The van der Waals surface area contributed by atoms with E-state index in [2.05, 4.69) is 4.98 Å². The number of benzene rings is 1. The molecule has 5 nitrogen and oxygen atoms in total. The van der Waals surface area contributed by atoms with Crippen molar-refractivity contribution in [2.24, 2.45) is 5.92 Å². The number of nitrogens with zero attached hydrogens (tertiary/aromatic N) is 1. The maximum atomic E-state index is 14.2. The van der Waals surface area contributed by atoms with E-state index in [-0.39, 0.29) is 35.4 Å². The zero-order valence-corrected chi connectivity index (χ0v) is 13.2. The maximum absolute atomic E-state index is 14.2. The Labute approximate surface area is 136 Å². The van der Waals surface area contributed by atoms with E-state index in [4.69, 9.17) is 4.74 Å². The lowest BCUT2D eigenvalue weighted by Crippen LogP contribution is -2.42. The number of rotatable bonds is 3. The highest BCUT2D eigenvalue weighted by molar-refractivity contribution is 5.91. The van der Waals surface area contributed by atoms with Crippen LogP contribution in [0.4, 0.5) is 8.78 Å². The van der Waals surface area contributed by atoms with Crippen molar-refractivity contribution in [1.82, 2.24) is 4.98 Å². The number of nitriles is 1. The van der Waals surface area contributed by atoms with Gasteiger partial charge in [-0.05, 0) is 17.9 Å². The first-order valence-electron chi connectivity index (χ1n) is 7.60. The van der Waals surface area contributed by atoms with Crippen LogP contribution in [-0.4, -0.2) is 22.7 Å². The molecule has 2 heterocycles. The van der Waals surface area contributed by atoms with Gasteiger partial charge in [0.25, 0.3) is 0 Å². The summed E-state index contributed by atoms with van der Waals surface area (Å²) in [5.74, 6) is -3.02. The minimum absolute atomic E-state index is 0.0128. The Balaban J connectivity index is 2.39. The van der Waals surface area contributed by atoms with Crippen LogP contribution in [-0.2, 0) is 21.6 Å². The molecule has 0 aliphatic carbocycles. The Morgan fingerprint density at radius 2 is 2.21 bits per heavy atom. The molecule has 0 amide bonds. The second kappa shape index (κ2) is 5.56. The smallest absolute Gasteiger partial charge is 0.306 e. The van der Waals surface area contributed by atoms with Gasteiger partial charge in [0, 0.05) is 11.5 Å². The molecule has 7 heteroatoms. The Kier molecular flexibility index (Phi) is 3.80. The average Bonchev–Trinajstić information content (AvgIpc) is 2.88. The number of carboxylic acid groups (broad SMARTS) is 1. The van der Waals surface area contributed by atoms with Gasteiger partial charge in [-0.15, -0.1) is 0 Å². The molecule has 0 fully saturated rings. The largest absolute Gasteiger partial charge is 0.481 e. The number of ether oxygens (including phenoxy) is 1. The lowest BCUT2D eigenvalue weighted by Gasteiger charge is -2.39. The minimum Gasteiger partial charge on any atom is -0.481 e. The van der Waals surface area contributed by atoms with E-state index in [9.17, 15) is 23.9 Å². The number of aromatic amines is 1. The fraction of sp³-hybridized carbons (Fsp3) is 0.412. The van der Waals surface area contributed by atoms with Crippen LogP contribution in [0.5, 0.6) is 0 Å². The van der Waals surface area contributed by atoms with Gasteiger partial charge in [0.05, 0.1) is 29.8 Å². The molecule has 1 aromatic carbocycles. The fourth-order valence-electron chi connectivity index (χ4n) is 3.52. The van der Waals surface area contributed by atoms with Crippen LogP contribution in [0.1, 0.15) is 37.1 Å². The molecule has 1 atom stereocenters. The third-order valence-corrected chi connectivity index (χ3v) is 4.68. The second-order valence-corrected chi connectivity index (χ2v) is 6.27. The summed E-state index contributed by atoms with van der Waals surface area (Å²) >= 11 is 0. The SMILES string of the molecule is CC(C)C1(CC(=O)O)OCCc2c1[nH]c1c(F)cc(F)c(C#N)c21. The summed E-state index contributed by atoms with van der Waals surface area (Å²) in [4.78, 5) is 14.2. The summed E-state index contributed by atoms with van der Waals surface area (Å²) in [6.07, 6.45) is 0.0392. The highest BCUT2D eigenvalue weighted by atomic mass is 19.1. The van der Waals surface area contributed by atoms with Crippen LogP contribution >= 0.6 is 0 Å². The topological polar surface area (TPSA) is 86.1 Å². The third kappa shape index (κ3) is 2.18. The molecule has 3 rings (SSSR count). The highest BCUT2D eigenvalue weighted by Crippen LogP contribution is 2.45. The summed E-state index contributed by atoms with van der Waals surface area (Å²) in [6, 6.07) is 2.44. The number of halogens is 2. The first kappa shape index (κ1) is 16.4. The molecule has 0 bridgehead atoms. The van der Waals surface area contributed by atoms with Gasteiger partial charge in [-0.1, -0.05) is 13.8 Å². The number of aliphatic carboxylic acids is 1. The third-order valence-electron chi connectivity index (χ3n) is 4.68. The van der Waals surface area contributed by atoms with Gasteiger partial charge in [0.2, 0.25) is 0 Å². The molecule has 0 radical (unpaired) electrons. The van der Waals surface area contributed by atoms with Crippen molar-refractivity contribution in [2.75, 3.05) is 6.61 Å². The number of fused-ring (bicyclic) bond motifs is 3. The van der Waals surface area contributed by atoms with Crippen molar-refractivity contribution in [3.63, 3.8) is 0 Å². The Bertz CT molecular complexity index is 882. The van der Waals surface area contributed by atoms with Gasteiger partial charge in [0.15, 0.2) is 0 Å². The van der Waals surface area contributed by atoms with Gasteiger partial charge in [-0.3, -0.25) is 4.79 Å². The van der Waals surface area contributed by atoms with E-state index in [1.165, 1.54) is 0 Å². The van der Waals surface area contributed by atoms with Crippen molar-refractivity contribution in [2.45, 2.75) is 32.3 Å². The predicted molar refractivity (Wildman–Crippen MR) is 81.4 cm³/mol. The van der Waals surface area contributed by atoms with E-state index in [1.807, 2.05) is 13.8 Å². The first-order chi connectivity index (χ1) is 11.3. The number of carboxylic acids is 1. The Hall–Kier alpha value is -2.46. The zero-order valence-electron chi connectivity index (χ0n) is 13.2. The average molecular weight is 334 g/mol. The molecule has 126 valence electrons. The summed E-state index contributed by atoms with van der Waals surface area (Å²) in [5.41, 5.74) is -0.422. The molecule has 2 aromatic rings. The number of aromatic nitrogens is 1. The number of nitrogens with one attached hydrogen (secondary N) is 1. The van der Waals surface area contributed by atoms with Crippen LogP contribution in [0.2, 0.25) is 0 Å². The van der Waals surface area contributed by atoms with Gasteiger partial charge in [-0.2, -0.15) is 5.26 Å². The quantitative estimate of drug-likeness (QED) is 0.902. The molecule has 1 aliphatic rings. The Morgan fingerprint density at radius 3 is 2.79 bits per heavy atom. The van der Waals surface area contributed by atoms with Gasteiger partial charge < -0.3 is 14.8 Å². The number of carbonyl (C=O) groups is 1. The minimum atomic E-state index is -1.17. The molecule has 0 saturated heterocycles. The van der Waals surface area contributed by atoms with Crippen molar-refractivity contribution in [3.05, 3.63) is 34.5 Å². The van der Waals surface area contributed by atoms with Crippen LogP contribution in [0.25, 0.3) is 10.9 Å². The first-order valence-corrected chi connectivity index (χ1v) is 7.60. The van der Waals surface area contributed by atoms with Crippen LogP contribution in [0.15, 0.2) is 6.07 Å². The predicted octanol–water partition coefficient (Wildman–Crippen LogP) is 3.22. The fourth-order valence-corrected chi connectivity index (χ4v) is 3.52. The lowest BCUT2D eigenvalue weighted by molar-refractivity contribution is -0.154. The molecule has 1 aromatic heterocycles. The monoisotopic (exact) mass is 334 g/mol. The van der Waals surface area contributed by atoms with Crippen LogP contribution in [0.3, 0.4) is 0 Å². The number of hydrogen-bond donors (Lipinski definition) is 2. The van der Waals surface area contributed by atoms with Crippen molar-refractivity contribution < 1.29 is 23.4 Å².